The summed E-state index contributed by atoms with van der Waals surface area (Å²) in [5.41, 5.74) is 0. The summed E-state index contributed by atoms with van der Waals surface area (Å²) >= 11 is 1.64. The Morgan fingerprint density at radius 2 is 2.22 bits per heavy atom. The molecule has 1 aliphatic carbocycles. The van der Waals surface area contributed by atoms with Crippen molar-refractivity contribution in [2.75, 3.05) is 12.0 Å². The second kappa shape index (κ2) is 2.45. The molecule has 54 valence electrons. The van der Waals surface area contributed by atoms with Crippen LogP contribution in [0.4, 0.5) is 8.78 Å². The van der Waals surface area contributed by atoms with Gasteiger partial charge in [0.05, 0.1) is 0 Å². The van der Waals surface area contributed by atoms with Gasteiger partial charge in [0.15, 0.2) is 0 Å². The predicted octanol–water partition coefficient (Wildman–Crippen LogP) is 2.39. The number of halogens is 2. The van der Waals surface area contributed by atoms with Crippen LogP contribution in [0.5, 0.6) is 0 Å². The van der Waals surface area contributed by atoms with Crippen LogP contribution in [0, 0.1) is 5.92 Å². The van der Waals surface area contributed by atoms with E-state index < -0.39 is 5.92 Å². The van der Waals surface area contributed by atoms with Crippen LogP contribution in [-0.2, 0) is 0 Å². The zero-order valence-corrected chi connectivity index (χ0v) is 6.18. The molecule has 0 heterocycles. The lowest BCUT2D eigenvalue weighted by atomic mass is 10.3. The third-order valence-electron chi connectivity index (χ3n) is 1.63. The van der Waals surface area contributed by atoms with Crippen LogP contribution in [0.2, 0.25) is 0 Å². The van der Waals surface area contributed by atoms with Crippen LogP contribution in [0.1, 0.15) is 12.8 Å². The largest absolute Gasteiger partial charge is 0.251 e. The van der Waals surface area contributed by atoms with E-state index in [9.17, 15) is 8.78 Å². The van der Waals surface area contributed by atoms with Crippen molar-refractivity contribution in [1.82, 2.24) is 0 Å². The van der Waals surface area contributed by atoms with Crippen molar-refractivity contribution < 1.29 is 8.78 Å². The first-order valence-corrected chi connectivity index (χ1v) is 4.43. The van der Waals surface area contributed by atoms with Crippen LogP contribution >= 0.6 is 11.8 Å². The molecule has 0 aromatic carbocycles. The van der Waals surface area contributed by atoms with E-state index in [0.29, 0.717) is 6.42 Å². The molecule has 1 aliphatic rings. The van der Waals surface area contributed by atoms with Gasteiger partial charge in [0.1, 0.15) is 0 Å². The summed E-state index contributed by atoms with van der Waals surface area (Å²) in [6, 6.07) is 0. The van der Waals surface area contributed by atoms with Crippen molar-refractivity contribution in [2.45, 2.75) is 18.8 Å². The van der Waals surface area contributed by atoms with E-state index in [2.05, 4.69) is 0 Å². The predicted molar refractivity (Wildman–Crippen MR) is 36.1 cm³/mol. The molecule has 0 bridgehead atoms. The van der Waals surface area contributed by atoms with Gasteiger partial charge >= 0.3 is 0 Å². The Morgan fingerprint density at radius 1 is 1.67 bits per heavy atom. The zero-order chi connectivity index (χ0) is 6.91. The number of hydrogen-bond donors (Lipinski definition) is 0. The van der Waals surface area contributed by atoms with Crippen molar-refractivity contribution in [1.29, 1.82) is 0 Å². The Hall–Kier alpha value is 0.210. The minimum absolute atomic E-state index is 0.133. The number of alkyl halides is 2. The van der Waals surface area contributed by atoms with E-state index in [1.807, 2.05) is 6.26 Å². The van der Waals surface area contributed by atoms with E-state index >= 15 is 0 Å². The summed E-state index contributed by atoms with van der Waals surface area (Å²) in [6.45, 7) is 0. The fourth-order valence-corrected chi connectivity index (χ4v) is 1.36. The minimum atomic E-state index is -2.30. The van der Waals surface area contributed by atoms with E-state index in [1.165, 1.54) is 0 Å². The maximum atomic E-state index is 12.1. The Morgan fingerprint density at radius 3 is 2.56 bits per heavy atom. The SMILES string of the molecule is CSCCC1CC1(F)F. The molecule has 0 nitrogen and oxygen atoms in total. The Bertz CT molecular complexity index is 103. The van der Waals surface area contributed by atoms with Crippen LogP contribution in [0.3, 0.4) is 0 Å². The number of rotatable bonds is 3. The molecule has 1 atom stereocenters. The summed E-state index contributed by atoms with van der Waals surface area (Å²) in [5.74, 6) is -1.71. The van der Waals surface area contributed by atoms with Crippen molar-refractivity contribution in [2.24, 2.45) is 5.92 Å². The first-order valence-electron chi connectivity index (χ1n) is 3.03. The highest BCUT2D eigenvalue weighted by molar-refractivity contribution is 7.98. The van der Waals surface area contributed by atoms with Gasteiger partial charge in [-0.25, -0.2) is 8.78 Å². The number of thioether (sulfide) groups is 1. The Balaban J connectivity index is 2.06. The highest BCUT2D eigenvalue weighted by atomic mass is 32.2. The molecule has 1 fully saturated rings. The monoisotopic (exact) mass is 152 g/mol. The maximum Gasteiger partial charge on any atom is 0.251 e. The van der Waals surface area contributed by atoms with Gasteiger partial charge in [0.2, 0.25) is 0 Å². The standard InChI is InChI=1S/C6H10F2S/c1-9-3-2-5-4-6(5,7)8/h5H,2-4H2,1H3. The molecule has 0 radical (unpaired) electrons. The average Bonchev–Trinajstić information content (AvgIpc) is 2.35. The molecule has 9 heavy (non-hydrogen) atoms. The molecule has 3 heteroatoms. The average molecular weight is 152 g/mol. The molecule has 1 unspecified atom stereocenters. The summed E-state index contributed by atoms with van der Waals surface area (Å²) in [5, 5.41) is 0. The fraction of sp³-hybridized carbons (Fsp3) is 1.00. The molecular formula is C6H10F2S. The van der Waals surface area contributed by atoms with Gasteiger partial charge in [-0.2, -0.15) is 11.8 Å². The van der Waals surface area contributed by atoms with Crippen LogP contribution in [0.15, 0.2) is 0 Å². The van der Waals surface area contributed by atoms with E-state index in [-0.39, 0.29) is 12.3 Å². The van der Waals surface area contributed by atoms with Crippen LogP contribution in [-0.4, -0.2) is 17.9 Å². The zero-order valence-electron chi connectivity index (χ0n) is 5.36. The molecule has 1 saturated carbocycles. The molecular weight excluding hydrogens is 142 g/mol. The van der Waals surface area contributed by atoms with E-state index in [1.54, 1.807) is 11.8 Å². The Labute approximate surface area is 58.0 Å². The molecule has 0 spiro atoms. The second-order valence-electron chi connectivity index (χ2n) is 2.44. The van der Waals surface area contributed by atoms with Crippen molar-refractivity contribution in [3.63, 3.8) is 0 Å². The van der Waals surface area contributed by atoms with Gasteiger partial charge in [0.25, 0.3) is 5.92 Å². The highest BCUT2D eigenvalue weighted by Crippen LogP contribution is 2.50. The topological polar surface area (TPSA) is 0 Å². The van der Waals surface area contributed by atoms with Gasteiger partial charge in [-0.05, 0) is 18.4 Å². The van der Waals surface area contributed by atoms with Gasteiger partial charge < -0.3 is 0 Å². The van der Waals surface area contributed by atoms with Gasteiger partial charge in [-0.15, -0.1) is 0 Å². The maximum absolute atomic E-state index is 12.1. The smallest absolute Gasteiger partial charge is 0.207 e. The summed E-state index contributed by atoms with van der Waals surface area (Å²) in [7, 11) is 0. The van der Waals surface area contributed by atoms with Gasteiger partial charge in [0, 0.05) is 12.3 Å². The van der Waals surface area contributed by atoms with Crippen LogP contribution < -0.4 is 0 Å². The molecule has 0 amide bonds. The molecule has 1 rings (SSSR count). The minimum Gasteiger partial charge on any atom is -0.207 e. The van der Waals surface area contributed by atoms with Crippen molar-refractivity contribution in [3.05, 3.63) is 0 Å². The first kappa shape index (κ1) is 7.32. The fourth-order valence-electron chi connectivity index (χ4n) is 0.843. The molecule has 0 N–H and O–H groups in total. The normalized spacial score (nSPS) is 30.3. The second-order valence-corrected chi connectivity index (χ2v) is 3.43. The molecule has 0 aromatic heterocycles. The summed E-state index contributed by atoms with van der Waals surface area (Å²) in [6.07, 6.45) is 2.77. The highest BCUT2D eigenvalue weighted by Gasteiger charge is 2.55. The molecule has 0 aromatic rings. The van der Waals surface area contributed by atoms with Gasteiger partial charge in [-0.1, -0.05) is 0 Å². The lowest BCUT2D eigenvalue weighted by molar-refractivity contribution is 0.0983. The lowest BCUT2D eigenvalue weighted by Crippen LogP contribution is -1.94. The lowest BCUT2D eigenvalue weighted by Gasteiger charge is -1.93. The summed E-state index contributed by atoms with van der Waals surface area (Å²) < 4.78 is 24.2. The van der Waals surface area contributed by atoms with Crippen LogP contribution in [0.25, 0.3) is 0 Å². The Kier molecular flexibility index (Phi) is 1.99. The quantitative estimate of drug-likeness (QED) is 0.598. The van der Waals surface area contributed by atoms with E-state index in [0.717, 1.165) is 5.75 Å². The van der Waals surface area contributed by atoms with E-state index in [4.69, 9.17) is 0 Å². The van der Waals surface area contributed by atoms with Crippen molar-refractivity contribution >= 4 is 11.8 Å². The molecule has 0 saturated heterocycles. The molecule has 0 aliphatic heterocycles. The summed E-state index contributed by atoms with van der Waals surface area (Å²) in [4.78, 5) is 0. The third kappa shape index (κ3) is 1.81. The number of hydrogen-bond acceptors (Lipinski definition) is 1. The van der Waals surface area contributed by atoms with Gasteiger partial charge in [-0.3, -0.25) is 0 Å². The van der Waals surface area contributed by atoms with Crippen molar-refractivity contribution in [3.8, 4) is 0 Å². The first-order chi connectivity index (χ1) is 4.17. The third-order valence-corrected chi connectivity index (χ3v) is 2.27.